The Labute approximate surface area is 155 Å². The van der Waals surface area contributed by atoms with Gasteiger partial charge in [-0.2, -0.15) is 0 Å². The van der Waals surface area contributed by atoms with Crippen molar-refractivity contribution >= 4 is 61.5 Å². The Morgan fingerprint density at radius 3 is 2.39 bits per heavy atom. The molecule has 1 amide bonds. The number of carbonyl (C=O) groups excluding carboxylic acids is 1. The smallest absolute Gasteiger partial charge is 0.257 e. The van der Waals surface area contributed by atoms with E-state index in [4.69, 9.17) is 23.2 Å². The molecule has 1 aromatic heterocycles. The number of amides is 1. The summed E-state index contributed by atoms with van der Waals surface area (Å²) >= 11 is 16.6. The van der Waals surface area contributed by atoms with Crippen LogP contribution in [0.3, 0.4) is 0 Å². The second-order valence-electron chi connectivity index (χ2n) is 4.66. The largest absolute Gasteiger partial charge is 0.298 e. The second-order valence-corrected chi connectivity index (χ2v) is 7.30. The zero-order chi connectivity index (χ0) is 16.4. The second kappa shape index (κ2) is 7.01. The number of benzene rings is 2. The first-order valence-electron chi connectivity index (χ1n) is 6.50. The molecule has 0 aliphatic rings. The highest BCUT2D eigenvalue weighted by molar-refractivity contribution is 9.10. The standard InChI is InChI=1S/C16H9BrCl2N2OS/c17-11-3-1-9(2-4-11)14-8-23-16(20-14)21-15(22)10-5-12(18)7-13(19)6-10/h1-8H,(H,20,21,22). The minimum absolute atomic E-state index is 0.300. The van der Waals surface area contributed by atoms with E-state index in [1.165, 1.54) is 11.3 Å². The highest BCUT2D eigenvalue weighted by atomic mass is 79.9. The van der Waals surface area contributed by atoms with E-state index in [0.717, 1.165) is 15.7 Å². The van der Waals surface area contributed by atoms with Gasteiger partial charge < -0.3 is 0 Å². The number of nitrogens with zero attached hydrogens (tertiary/aromatic N) is 1. The number of carbonyl (C=O) groups is 1. The maximum atomic E-state index is 12.2. The van der Waals surface area contributed by atoms with Crippen molar-refractivity contribution < 1.29 is 4.79 Å². The van der Waals surface area contributed by atoms with Crippen LogP contribution in [-0.2, 0) is 0 Å². The molecule has 23 heavy (non-hydrogen) atoms. The first-order valence-corrected chi connectivity index (χ1v) is 8.93. The molecule has 116 valence electrons. The minimum atomic E-state index is -0.300. The average Bonchev–Trinajstić information content (AvgIpc) is 2.95. The van der Waals surface area contributed by atoms with Crippen LogP contribution in [-0.4, -0.2) is 10.9 Å². The first kappa shape index (κ1) is 16.5. The van der Waals surface area contributed by atoms with Crippen LogP contribution in [0.4, 0.5) is 5.13 Å². The fraction of sp³-hybridized carbons (Fsp3) is 0. The van der Waals surface area contributed by atoms with E-state index in [1.807, 2.05) is 29.6 Å². The van der Waals surface area contributed by atoms with Gasteiger partial charge in [0.1, 0.15) is 0 Å². The summed E-state index contributed by atoms with van der Waals surface area (Å²) < 4.78 is 1.00. The molecule has 1 heterocycles. The van der Waals surface area contributed by atoms with Gasteiger partial charge in [0.15, 0.2) is 5.13 Å². The molecule has 0 atom stereocenters. The Bertz CT molecular complexity index is 845. The van der Waals surface area contributed by atoms with Gasteiger partial charge in [-0.1, -0.05) is 51.3 Å². The molecule has 7 heteroatoms. The summed E-state index contributed by atoms with van der Waals surface area (Å²) in [7, 11) is 0. The average molecular weight is 428 g/mol. The lowest BCUT2D eigenvalue weighted by atomic mass is 10.2. The summed E-state index contributed by atoms with van der Waals surface area (Å²) in [4.78, 5) is 16.7. The summed E-state index contributed by atoms with van der Waals surface area (Å²) in [6.45, 7) is 0. The van der Waals surface area contributed by atoms with Crippen LogP contribution < -0.4 is 5.32 Å². The molecule has 0 spiro atoms. The maximum absolute atomic E-state index is 12.2. The molecule has 0 saturated carbocycles. The zero-order valence-corrected chi connectivity index (χ0v) is 15.4. The van der Waals surface area contributed by atoms with Crippen molar-refractivity contribution in [3.63, 3.8) is 0 Å². The number of rotatable bonds is 3. The molecule has 0 fully saturated rings. The molecule has 0 bridgehead atoms. The highest BCUT2D eigenvalue weighted by Crippen LogP contribution is 2.27. The molecule has 1 N–H and O–H groups in total. The number of anilines is 1. The lowest BCUT2D eigenvalue weighted by Crippen LogP contribution is -2.11. The Hall–Kier alpha value is -1.40. The number of halogens is 3. The SMILES string of the molecule is O=C(Nc1nc(-c2ccc(Br)cc2)cs1)c1cc(Cl)cc(Cl)c1. The van der Waals surface area contributed by atoms with Crippen molar-refractivity contribution in [2.24, 2.45) is 0 Å². The predicted octanol–water partition coefficient (Wildman–Crippen LogP) is 6.13. The molecule has 3 rings (SSSR count). The Balaban J connectivity index is 1.78. The molecule has 3 aromatic rings. The molecule has 0 radical (unpaired) electrons. The van der Waals surface area contributed by atoms with Crippen molar-refractivity contribution in [1.82, 2.24) is 4.98 Å². The van der Waals surface area contributed by atoms with Gasteiger partial charge in [-0.25, -0.2) is 4.98 Å². The lowest BCUT2D eigenvalue weighted by molar-refractivity contribution is 0.102. The molecule has 0 aliphatic heterocycles. The van der Waals surface area contributed by atoms with Crippen LogP contribution in [0.1, 0.15) is 10.4 Å². The molecular weight excluding hydrogens is 419 g/mol. The van der Waals surface area contributed by atoms with Crippen LogP contribution >= 0.6 is 50.5 Å². The van der Waals surface area contributed by atoms with Gasteiger partial charge in [0.05, 0.1) is 5.69 Å². The van der Waals surface area contributed by atoms with E-state index >= 15 is 0 Å². The normalized spacial score (nSPS) is 10.6. The quantitative estimate of drug-likeness (QED) is 0.546. The molecule has 3 nitrogen and oxygen atoms in total. The fourth-order valence-electron chi connectivity index (χ4n) is 1.94. The zero-order valence-electron chi connectivity index (χ0n) is 11.5. The maximum Gasteiger partial charge on any atom is 0.257 e. The molecule has 0 unspecified atom stereocenters. The van der Waals surface area contributed by atoms with E-state index in [1.54, 1.807) is 18.2 Å². The van der Waals surface area contributed by atoms with Gasteiger partial charge in [0, 0.05) is 31.0 Å². The Morgan fingerprint density at radius 1 is 1.09 bits per heavy atom. The number of aromatic nitrogens is 1. The summed E-state index contributed by atoms with van der Waals surface area (Å²) in [5, 5.41) is 5.99. The van der Waals surface area contributed by atoms with Gasteiger partial charge in [0.2, 0.25) is 0 Å². The highest BCUT2D eigenvalue weighted by Gasteiger charge is 2.11. The minimum Gasteiger partial charge on any atom is -0.298 e. The molecule has 0 saturated heterocycles. The van der Waals surface area contributed by atoms with Crippen molar-refractivity contribution in [3.05, 3.63) is 67.9 Å². The van der Waals surface area contributed by atoms with Gasteiger partial charge in [-0.05, 0) is 30.3 Å². The van der Waals surface area contributed by atoms with Crippen LogP contribution in [0, 0.1) is 0 Å². The van der Waals surface area contributed by atoms with Crippen LogP contribution in [0.25, 0.3) is 11.3 Å². The monoisotopic (exact) mass is 426 g/mol. The van der Waals surface area contributed by atoms with Crippen molar-refractivity contribution in [3.8, 4) is 11.3 Å². The van der Waals surface area contributed by atoms with Crippen molar-refractivity contribution in [1.29, 1.82) is 0 Å². The summed E-state index contributed by atoms with van der Waals surface area (Å²) in [6.07, 6.45) is 0. The van der Waals surface area contributed by atoms with Crippen molar-refractivity contribution in [2.75, 3.05) is 5.32 Å². The van der Waals surface area contributed by atoms with E-state index in [0.29, 0.717) is 20.7 Å². The lowest BCUT2D eigenvalue weighted by Gasteiger charge is -2.03. The molecular formula is C16H9BrCl2N2OS. The van der Waals surface area contributed by atoms with Crippen LogP contribution in [0.15, 0.2) is 52.3 Å². The van der Waals surface area contributed by atoms with Gasteiger partial charge in [-0.3, -0.25) is 10.1 Å². The predicted molar refractivity (Wildman–Crippen MR) is 99.7 cm³/mol. The van der Waals surface area contributed by atoms with Crippen molar-refractivity contribution in [2.45, 2.75) is 0 Å². The number of hydrogen-bond donors (Lipinski definition) is 1. The number of thiazole rings is 1. The van der Waals surface area contributed by atoms with Crippen LogP contribution in [0.5, 0.6) is 0 Å². The van der Waals surface area contributed by atoms with E-state index in [2.05, 4.69) is 26.2 Å². The summed E-state index contributed by atoms with van der Waals surface area (Å²) in [5.41, 5.74) is 2.18. The summed E-state index contributed by atoms with van der Waals surface area (Å²) in [5.74, 6) is -0.300. The fourth-order valence-corrected chi connectivity index (χ4v) is 3.44. The number of hydrogen-bond acceptors (Lipinski definition) is 3. The van der Waals surface area contributed by atoms with Crippen LogP contribution in [0.2, 0.25) is 10.0 Å². The molecule has 0 aliphatic carbocycles. The van der Waals surface area contributed by atoms with Gasteiger partial charge in [-0.15, -0.1) is 11.3 Å². The first-order chi connectivity index (χ1) is 11.0. The third-order valence-electron chi connectivity index (χ3n) is 2.99. The van der Waals surface area contributed by atoms with E-state index in [9.17, 15) is 4.79 Å². The van der Waals surface area contributed by atoms with E-state index in [-0.39, 0.29) is 5.91 Å². The topological polar surface area (TPSA) is 42.0 Å². The van der Waals surface area contributed by atoms with E-state index < -0.39 is 0 Å². The Morgan fingerprint density at radius 2 is 1.74 bits per heavy atom. The van der Waals surface area contributed by atoms with Gasteiger partial charge in [0.25, 0.3) is 5.91 Å². The summed E-state index contributed by atoms with van der Waals surface area (Å²) in [6, 6.07) is 12.5. The third-order valence-corrected chi connectivity index (χ3v) is 4.71. The number of nitrogens with one attached hydrogen (secondary N) is 1. The van der Waals surface area contributed by atoms with Gasteiger partial charge >= 0.3 is 0 Å². The Kier molecular flexibility index (Phi) is 5.02. The third kappa shape index (κ3) is 4.12. The molecule has 2 aromatic carbocycles.